The number of rotatable bonds is 11. The first-order valence-electron chi connectivity index (χ1n) is 10.5. The quantitative estimate of drug-likeness (QED) is 0.290. The number of carbonyl (C=O) groups excluding carboxylic acids is 3. The van der Waals surface area contributed by atoms with Crippen LogP contribution in [0, 0.1) is 5.92 Å². The van der Waals surface area contributed by atoms with Gasteiger partial charge in [-0.2, -0.15) is 0 Å². The molecule has 2 aromatic rings. The van der Waals surface area contributed by atoms with Crippen molar-refractivity contribution in [1.29, 1.82) is 0 Å². The molecule has 10 heteroatoms. The zero-order valence-electron chi connectivity index (χ0n) is 18.5. The molecule has 7 N–H and O–H groups in total. The lowest BCUT2D eigenvalue weighted by Gasteiger charge is -2.20. The minimum atomic E-state index is -1.19. The second-order valence-electron chi connectivity index (χ2n) is 8.21. The molecule has 3 atom stereocenters. The Morgan fingerprint density at radius 1 is 1.06 bits per heavy atom. The molecule has 0 saturated carbocycles. The minimum absolute atomic E-state index is 0.134. The maximum Gasteiger partial charge on any atom is 0.325 e. The smallest absolute Gasteiger partial charge is 0.325 e. The highest BCUT2D eigenvalue weighted by Gasteiger charge is 2.26. The average molecular weight is 446 g/mol. The van der Waals surface area contributed by atoms with Crippen molar-refractivity contribution in [2.45, 2.75) is 51.7 Å². The van der Waals surface area contributed by atoms with Crippen molar-refractivity contribution in [3.05, 3.63) is 36.0 Å². The molecular formula is C22H31N5O5. The van der Waals surface area contributed by atoms with Crippen LogP contribution in [0.4, 0.5) is 0 Å². The van der Waals surface area contributed by atoms with E-state index in [0.29, 0.717) is 6.42 Å². The van der Waals surface area contributed by atoms with Crippen LogP contribution in [0.15, 0.2) is 30.5 Å². The topological polar surface area (TPSA) is 166 Å². The number of carboxylic acid groups (broad SMARTS) is 1. The molecule has 0 spiro atoms. The average Bonchev–Trinajstić information content (AvgIpc) is 3.13. The number of para-hydroxylation sites is 1. The normalized spacial score (nSPS) is 13.9. The summed E-state index contributed by atoms with van der Waals surface area (Å²) in [7, 11) is 0. The van der Waals surface area contributed by atoms with Crippen LogP contribution in [-0.2, 0) is 25.6 Å². The van der Waals surface area contributed by atoms with Crippen molar-refractivity contribution < 1.29 is 24.3 Å². The number of aliphatic carboxylic acids is 1. The third-order valence-corrected chi connectivity index (χ3v) is 4.97. The predicted octanol–water partition coefficient (Wildman–Crippen LogP) is 0.274. The van der Waals surface area contributed by atoms with Crippen molar-refractivity contribution in [3.8, 4) is 0 Å². The van der Waals surface area contributed by atoms with Gasteiger partial charge in [-0.1, -0.05) is 32.0 Å². The van der Waals surface area contributed by atoms with Crippen LogP contribution in [0.5, 0.6) is 0 Å². The van der Waals surface area contributed by atoms with E-state index < -0.39 is 41.8 Å². The Labute approximate surface area is 186 Å². The van der Waals surface area contributed by atoms with Gasteiger partial charge in [0.2, 0.25) is 17.7 Å². The molecule has 1 aromatic carbocycles. The fourth-order valence-electron chi connectivity index (χ4n) is 3.26. The zero-order chi connectivity index (χ0) is 23.8. The summed E-state index contributed by atoms with van der Waals surface area (Å²) >= 11 is 0. The number of carbonyl (C=O) groups is 4. The molecule has 2 rings (SSSR count). The van der Waals surface area contributed by atoms with Gasteiger partial charge in [0.25, 0.3) is 0 Å². The summed E-state index contributed by atoms with van der Waals surface area (Å²) in [6.07, 6.45) is 2.35. The fourth-order valence-corrected chi connectivity index (χ4v) is 3.26. The van der Waals surface area contributed by atoms with E-state index in [1.54, 1.807) is 6.20 Å². The highest BCUT2D eigenvalue weighted by molar-refractivity contribution is 5.93. The highest BCUT2D eigenvalue weighted by Crippen LogP contribution is 2.19. The summed E-state index contributed by atoms with van der Waals surface area (Å²) < 4.78 is 0. The molecule has 0 aliphatic heterocycles. The summed E-state index contributed by atoms with van der Waals surface area (Å²) in [5.41, 5.74) is 7.47. The first kappa shape index (κ1) is 24.9. The molecule has 32 heavy (non-hydrogen) atoms. The summed E-state index contributed by atoms with van der Waals surface area (Å²) in [5, 5.41) is 17.4. The molecule has 1 heterocycles. The van der Waals surface area contributed by atoms with Gasteiger partial charge in [0, 0.05) is 23.5 Å². The Bertz CT molecular complexity index is 971. The van der Waals surface area contributed by atoms with Crippen molar-refractivity contribution >= 4 is 34.6 Å². The number of amides is 3. The third kappa shape index (κ3) is 7.09. The molecule has 10 nitrogen and oxygen atoms in total. The molecule has 0 radical (unpaired) electrons. The number of nitrogens with one attached hydrogen (secondary N) is 4. The second-order valence-corrected chi connectivity index (χ2v) is 8.21. The zero-order valence-corrected chi connectivity index (χ0v) is 18.5. The number of benzene rings is 1. The SMILES string of the molecule is CC(C)CC(N)C(=O)NCC(=O)NC(Cc1c[nH]c2ccccc12)C(=O)NC(C)C(=O)O. The third-order valence-electron chi connectivity index (χ3n) is 4.97. The van der Waals surface area contributed by atoms with Crippen molar-refractivity contribution in [2.24, 2.45) is 11.7 Å². The molecule has 174 valence electrons. The predicted molar refractivity (Wildman–Crippen MR) is 120 cm³/mol. The molecule has 0 aliphatic carbocycles. The molecule has 0 bridgehead atoms. The van der Waals surface area contributed by atoms with Crippen LogP contribution in [0.1, 0.15) is 32.8 Å². The van der Waals surface area contributed by atoms with E-state index in [4.69, 9.17) is 10.8 Å². The molecule has 3 unspecified atom stereocenters. The van der Waals surface area contributed by atoms with Crippen molar-refractivity contribution in [2.75, 3.05) is 6.54 Å². The lowest BCUT2D eigenvalue weighted by Crippen LogP contribution is -2.54. The Morgan fingerprint density at radius 3 is 2.41 bits per heavy atom. The largest absolute Gasteiger partial charge is 0.480 e. The summed E-state index contributed by atoms with van der Waals surface area (Å²) in [5.74, 6) is -2.64. The lowest BCUT2D eigenvalue weighted by molar-refractivity contribution is -0.141. The molecular weight excluding hydrogens is 414 g/mol. The molecule has 0 aliphatic rings. The Hall–Kier alpha value is -3.40. The minimum Gasteiger partial charge on any atom is -0.480 e. The summed E-state index contributed by atoms with van der Waals surface area (Å²) in [4.78, 5) is 51.5. The number of nitrogens with two attached hydrogens (primary N) is 1. The number of hydrogen-bond donors (Lipinski definition) is 6. The van der Waals surface area contributed by atoms with Gasteiger partial charge in [-0.15, -0.1) is 0 Å². The number of hydrogen-bond acceptors (Lipinski definition) is 5. The lowest BCUT2D eigenvalue weighted by atomic mass is 10.0. The van der Waals surface area contributed by atoms with E-state index in [0.717, 1.165) is 16.5 Å². The maximum absolute atomic E-state index is 12.7. The van der Waals surface area contributed by atoms with E-state index in [-0.39, 0.29) is 18.9 Å². The molecule has 3 amide bonds. The van der Waals surface area contributed by atoms with Gasteiger partial charge in [0.05, 0.1) is 12.6 Å². The van der Waals surface area contributed by atoms with Gasteiger partial charge in [0.15, 0.2) is 0 Å². The van der Waals surface area contributed by atoms with Crippen LogP contribution in [0.25, 0.3) is 10.9 Å². The first-order valence-corrected chi connectivity index (χ1v) is 10.5. The van der Waals surface area contributed by atoms with Crippen molar-refractivity contribution in [1.82, 2.24) is 20.9 Å². The van der Waals surface area contributed by atoms with E-state index in [9.17, 15) is 19.2 Å². The van der Waals surface area contributed by atoms with Gasteiger partial charge in [0.1, 0.15) is 12.1 Å². The monoisotopic (exact) mass is 445 g/mol. The van der Waals surface area contributed by atoms with Gasteiger partial charge >= 0.3 is 5.97 Å². The van der Waals surface area contributed by atoms with Crippen LogP contribution in [0.2, 0.25) is 0 Å². The fraction of sp³-hybridized carbons (Fsp3) is 0.455. The number of carboxylic acids is 1. The highest BCUT2D eigenvalue weighted by atomic mass is 16.4. The maximum atomic E-state index is 12.7. The number of aromatic nitrogens is 1. The Kier molecular flexibility index (Phi) is 8.77. The van der Waals surface area contributed by atoms with Gasteiger partial charge in [-0.3, -0.25) is 19.2 Å². The Morgan fingerprint density at radius 2 is 1.75 bits per heavy atom. The first-order chi connectivity index (χ1) is 15.1. The van der Waals surface area contributed by atoms with Gasteiger partial charge in [-0.05, 0) is 30.9 Å². The molecule has 0 fully saturated rings. The van der Waals surface area contributed by atoms with Crippen LogP contribution >= 0.6 is 0 Å². The summed E-state index contributed by atoms with van der Waals surface area (Å²) in [6.45, 7) is 4.86. The number of fused-ring (bicyclic) bond motifs is 1. The van der Waals surface area contributed by atoms with Crippen LogP contribution in [-0.4, -0.2) is 58.5 Å². The Balaban J connectivity index is 2.08. The van der Waals surface area contributed by atoms with E-state index in [2.05, 4.69) is 20.9 Å². The number of H-pyrrole nitrogens is 1. The molecule has 0 saturated heterocycles. The van der Waals surface area contributed by atoms with Crippen LogP contribution < -0.4 is 21.7 Å². The number of aromatic amines is 1. The van der Waals surface area contributed by atoms with E-state index in [1.165, 1.54) is 6.92 Å². The van der Waals surface area contributed by atoms with E-state index >= 15 is 0 Å². The second kappa shape index (κ2) is 11.3. The summed E-state index contributed by atoms with van der Waals surface area (Å²) in [6, 6.07) is 4.60. The van der Waals surface area contributed by atoms with Gasteiger partial charge < -0.3 is 31.8 Å². The van der Waals surface area contributed by atoms with Crippen molar-refractivity contribution in [3.63, 3.8) is 0 Å². The standard InChI is InChI=1S/C22H31N5O5/c1-12(2)8-16(23)20(29)25-11-19(28)27-18(21(30)26-13(3)22(31)32)9-14-10-24-17-7-5-4-6-15(14)17/h4-7,10,12-13,16,18,24H,8-9,11,23H2,1-3H3,(H,25,29)(H,26,30)(H,27,28)(H,31,32). The molecule has 1 aromatic heterocycles. The van der Waals surface area contributed by atoms with Gasteiger partial charge in [-0.25, -0.2) is 0 Å². The van der Waals surface area contributed by atoms with E-state index in [1.807, 2.05) is 38.1 Å². The van der Waals surface area contributed by atoms with Crippen LogP contribution in [0.3, 0.4) is 0 Å².